The van der Waals surface area contributed by atoms with Crippen LogP contribution in [0.5, 0.6) is 0 Å². The molecule has 2 aromatic carbocycles. The highest BCUT2D eigenvalue weighted by Crippen LogP contribution is 2.40. The van der Waals surface area contributed by atoms with E-state index in [4.69, 9.17) is 17.3 Å². The average molecular weight is 274 g/mol. The predicted octanol–water partition coefficient (Wildman–Crippen LogP) is 3.65. The zero-order valence-corrected chi connectivity index (χ0v) is 11.7. The Bertz CT molecular complexity index is 606. The zero-order chi connectivity index (χ0) is 14.0. The molecular weight excluding hydrogens is 258 g/mol. The highest BCUT2D eigenvalue weighted by Gasteiger charge is 2.38. The van der Waals surface area contributed by atoms with E-state index in [1.165, 1.54) is 6.92 Å². The van der Waals surface area contributed by atoms with Crippen molar-refractivity contribution in [2.24, 2.45) is 0 Å². The summed E-state index contributed by atoms with van der Waals surface area (Å²) in [5.74, 6) is -0.143. The highest BCUT2D eigenvalue weighted by atomic mass is 35.5. The number of benzene rings is 2. The first kappa shape index (κ1) is 13.6. The first-order valence-electron chi connectivity index (χ1n) is 6.08. The lowest BCUT2D eigenvalue weighted by Gasteiger charge is -2.26. The number of aryl methyl sites for hydroxylation is 1. The quantitative estimate of drug-likeness (QED) is 0.685. The van der Waals surface area contributed by atoms with E-state index in [0.29, 0.717) is 11.3 Å². The molecule has 0 aliphatic carbocycles. The molecule has 2 rings (SSSR count). The number of halogens is 1. The van der Waals surface area contributed by atoms with Gasteiger partial charge in [0, 0.05) is 11.3 Å². The van der Waals surface area contributed by atoms with E-state index >= 15 is 0 Å². The molecule has 0 bridgehead atoms. The topological polar surface area (TPSA) is 43.1 Å². The summed E-state index contributed by atoms with van der Waals surface area (Å²) in [6.45, 7) is 3.48. The number of hydrogen-bond donors (Lipinski definition) is 1. The van der Waals surface area contributed by atoms with E-state index in [2.05, 4.69) is 0 Å². The number of nitrogen functional groups attached to an aromatic ring is 1. The van der Waals surface area contributed by atoms with Crippen LogP contribution in [0.4, 0.5) is 5.69 Å². The fraction of sp³-hybridized carbons (Fsp3) is 0.188. The van der Waals surface area contributed by atoms with Crippen molar-refractivity contribution in [3.8, 4) is 0 Å². The van der Waals surface area contributed by atoms with Gasteiger partial charge in [0.2, 0.25) is 0 Å². The lowest BCUT2D eigenvalue weighted by molar-refractivity contribution is -0.118. The molecule has 19 heavy (non-hydrogen) atoms. The normalized spacial score (nSPS) is 13.8. The maximum atomic E-state index is 12.1. The number of anilines is 1. The van der Waals surface area contributed by atoms with Gasteiger partial charge in [0.1, 0.15) is 0 Å². The number of hydrogen-bond acceptors (Lipinski definition) is 2. The Morgan fingerprint density at radius 2 is 1.68 bits per heavy atom. The Labute approximate surface area is 118 Å². The Balaban J connectivity index is 2.65. The Morgan fingerprint density at radius 3 is 2.21 bits per heavy atom. The Kier molecular flexibility index (Phi) is 3.63. The van der Waals surface area contributed by atoms with Gasteiger partial charge in [0.15, 0.2) is 10.7 Å². The van der Waals surface area contributed by atoms with Crippen LogP contribution in [-0.4, -0.2) is 5.78 Å². The third-order valence-electron chi connectivity index (χ3n) is 3.27. The molecule has 0 heterocycles. The molecule has 0 amide bonds. The van der Waals surface area contributed by atoms with Gasteiger partial charge in [-0.15, -0.1) is 11.6 Å². The van der Waals surface area contributed by atoms with Gasteiger partial charge in [-0.3, -0.25) is 4.79 Å². The summed E-state index contributed by atoms with van der Waals surface area (Å²) in [5, 5.41) is 0. The van der Waals surface area contributed by atoms with Crippen molar-refractivity contribution in [2.45, 2.75) is 18.7 Å². The number of rotatable bonds is 3. The Hall–Kier alpha value is -1.80. The van der Waals surface area contributed by atoms with Gasteiger partial charge >= 0.3 is 0 Å². The van der Waals surface area contributed by atoms with Gasteiger partial charge < -0.3 is 5.73 Å². The van der Waals surface area contributed by atoms with Crippen LogP contribution in [0.3, 0.4) is 0 Å². The number of ketones is 1. The van der Waals surface area contributed by atoms with Crippen LogP contribution in [0, 0.1) is 6.92 Å². The van der Waals surface area contributed by atoms with Gasteiger partial charge in [0.05, 0.1) is 0 Å². The average Bonchev–Trinajstić information content (AvgIpc) is 2.39. The molecule has 1 unspecified atom stereocenters. The van der Waals surface area contributed by atoms with E-state index < -0.39 is 4.87 Å². The molecule has 0 radical (unpaired) electrons. The minimum Gasteiger partial charge on any atom is -0.398 e. The molecule has 0 aliphatic heterocycles. The van der Waals surface area contributed by atoms with Crippen molar-refractivity contribution < 1.29 is 4.79 Å². The first-order valence-corrected chi connectivity index (χ1v) is 6.46. The van der Waals surface area contributed by atoms with Gasteiger partial charge in [0.25, 0.3) is 0 Å². The van der Waals surface area contributed by atoms with Crippen LogP contribution in [0.1, 0.15) is 23.6 Å². The number of Topliss-reactive ketones (excluding diaryl/α,β-unsaturated/α-hetero) is 1. The van der Waals surface area contributed by atoms with E-state index in [-0.39, 0.29) is 5.78 Å². The van der Waals surface area contributed by atoms with Crippen LogP contribution in [0.15, 0.2) is 48.5 Å². The molecule has 0 fully saturated rings. The van der Waals surface area contributed by atoms with E-state index in [1.54, 1.807) is 12.1 Å². The number of carbonyl (C=O) groups is 1. The summed E-state index contributed by atoms with van der Waals surface area (Å²) in [6.07, 6.45) is 0. The summed E-state index contributed by atoms with van der Waals surface area (Å²) in [6, 6.07) is 14.8. The SMILES string of the molecule is CC(=O)C(Cl)(c1ccc(C)cc1)c1ccccc1N. The van der Waals surface area contributed by atoms with Crippen molar-refractivity contribution >= 4 is 23.1 Å². The standard InChI is InChI=1S/C16H16ClNO/c1-11-7-9-13(10-8-11)16(17,12(2)19)14-5-3-4-6-15(14)18/h3-10H,18H2,1-2H3. The lowest BCUT2D eigenvalue weighted by Crippen LogP contribution is -2.30. The fourth-order valence-electron chi connectivity index (χ4n) is 2.14. The molecule has 1 atom stereocenters. The zero-order valence-electron chi connectivity index (χ0n) is 11.0. The number of nitrogens with two attached hydrogens (primary N) is 1. The first-order chi connectivity index (χ1) is 8.96. The molecule has 0 aliphatic rings. The molecule has 2 nitrogen and oxygen atoms in total. The summed E-state index contributed by atoms with van der Waals surface area (Å²) in [4.78, 5) is 10.9. The second-order valence-electron chi connectivity index (χ2n) is 4.67. The second kappa shape index (κ2) is 5.06. The van der Waals surface area contributed by atoms with Crippen molar-refractivity contribution in [1.29, 1.82) is 0 Å². The molecule has 98 valence electrons. The highest BCUT2D eigenvalue weighted by molar-refractivity contribution is 6.37. The molecule has 0 aromatic heterocycles. The summed E-state index contributed by atoms with van der Waals surface area (Å²) in [5.41, 5.74) is 8.99. The van der Waals surface area contributed by atoms with Crippen LogP contribution >= 0.6 is 11.6 Å². The van der Waals surface area contributed by atoms with E-state index in [9.17, 15) is 4.79 Å². The largest absolute Gasteiger partial charge is 0.398 e. The monoisotopic (exact) mass is 273 g/mol. The second-order valence-corrected chi connectivity index (χ2v) is 5.23. The van der Waals surface area contributed by atoms with E-state index in [1.807, 2.05) is 43.3 Å². The fourth-order valence-corrected chi connectivity index (χ4v) is 2.44. The van der Waals surface area contributed by atoms with Gasteiger partial charge in [-0.2, -0.15) is 0 Å². The molecule has 0 saturated carbocycles. The lowest BCUT2D eigenvalue weighted by atomic mass is 9.86. The van der Waals surface area contributed by atoms with Gasteiger partial charge in [-0.05, 0) is 25.5 Å². The number of carbonyl (C=O) groups excluding carboxylic acids is 1. The molecular formula is C16H16ClNO. The molecule has 0 saturated heterocycles. The predicted molar refractivity (Wildman–Crippen MR) is 79.3 cm³/mol. The number of alkyl halides is 1. The van der Waals surface area contributed by atoms with Crippen LogP contribution in [0.2, 0.25) is 0 Å². The summed E-state index contributed by atoms with van der Waals surface area (Å²) >= 11 is 6.65. The van der Waals surface area contributed by atoms with Crippen LogP contribution in [0.25, 0.3) is 0 Å². The van der Waals surface area contributed by atoms with Crippen molar-refractivity contribution in [2.75, 3.05) is 5.73 Å². The molecule has 0 spiro atoms. The van der Waals surface area contributed by atoms with Crippen molar-refractivity contribution in [3.05, 3.63) is 65.2 Å². The smallest absolute Gasteiger partial charge is 0.159 e. The maximum absolute atomic E-state index is 12.1. The van der Waals surface area contributed by atoms with Gasteiger partial charge in [-0.1, -0.05) is 48.0 Å². The molecule has 2 aromatic rings. The minimum atomic E-state index is -1.22. The third-order valence-corrected chi connectivity index (χ3v) is 3.95. The number of para-hydroxylation sites is 1. The van der Waals surface area contributed by atoms with Crippen molar-refractivity contribution in [3.63, 3.8) is 0 Å². The van der Waals surface area contributed by atoms with Crippen molar-refractivity contribution in [1.82, 2.24) is 0 Å². The third kappa shape index (κ3) is 2.36. The summed E-state index contributed by atoms with van der Waals surface area (Å²) < 4.78 is 0. The van der Waals surface area contributed by atoms with Crippen LogP contribution in [-0.2, 0) is 9.67 Å². The maximum Gasteiger partial charge on any atom is 0.159 e. The van der Waals surface area contributed by atoms with Gasteiger partial charge in [-0.25, -0.2) is 0 Å². The molecule has 2 N–H and O–H groups in total. The summed E-state index contributed by atoms with van der Waals surface area (Å²) in [7, 11) is 0. The van der Waals surface area contributed by atoms with Crippen LogP contribution < -0.4 is 5.73 Å². The Morgan fingerprint density at radius 1 is 1.11 bits per heavy atom. The molecule has 3 heteroatoms. The minimum absolute atomic E-state index is 0.143. The van der Waals surface area contributed by atoms with E-state index in [0.717, 1.165) is 11.1 Å².